The molecule has 21 heavy (non-hydrogen) atoms. The topological polar surface area (TPSA) is 12.9 Å². The molecule has 0 radical (unpaired) electrons. The Bertz CT molecular complexity index is 701. The molecular formula is C19H16BrN. The molecule has 0 unspecified atom stereocenters. The van der Waals surface area contributed by atoms with Crippen LogP contribution in [0.1, 0.15) is 11.4 Å². The predicted octanol–water partition coefficient (Wildman–Crippen LogP) is 5.79. The molecule has 3 aromatic rings. The van der Waals surface area contributed by atoms with Crippen molar-refractivity contribution in [2.24, 2.45) is 0 Å². The fraction of sp³-hybridized carbons (Fsp3) is 0.105. The SMILES string of the molecule is Cc1nc(C)c(-c2ccccc2)c(Br)c1-c1ccccc1. The van der Waals surface area contributed by atoms with E-state index in [4.69, 9.17) is 4.98 Å². The van der Waals surface area contributed by atoms with Crippen molar-refractivity contribution in [3.05, 3.63) is 76.5 Å². The molecule has 0 fully saturated rings. The summed E-state index contributed by atoms with van der Waals surface area (Å²) in [5.74, 6) is 0. The molecule has 0 amide bonds. The van der Waals surface area contributed by atoms with E-state index in [0.717, 1.165) is 15.9 Å². The van der Waals surface area contributed by atoms with Crippen molar-refractivity contribution in [3.63, 3.8) is 0 Å². The van der Waals surface area contributed by atoms with Gasteiger partial charge in [-0.2, -0.15) is 0 Å². The van der Waals surface area contributed by atoms with Crippen molar-refractivity contribution in [3.8, 4) is 22.3 Å². The van der Waals surface area contributed by atoms with Gasteiger partial charge in [0.25, 0.3) is 0 Å². The van der Waals surface area contributed by atoms with Crippen LogP contribution >= 0.6 is 15.9 Å². The largest absolute Gasteiger partial charge is 0.257 e. The molecule has 0 atom stereocenters. The first-order valence-corrected chi connectivity index (χ1v) is 7.75. The van der Waals surface area contributed by atoms with Crippen LogP contribution in [0.3, 0.4) is 0 Å². The summed E-state index contributed by atoms with van der Waals surface area (Å²) in [7, 11) is 0. The maximum atomic E-state index is 4.76. The Labute approximate surface area is 133 Å². The van der Waals surface area contributed by atoms with E-state index in [-0.39, 0.29) is 0 Å². The van der Waals surface area contributed by atoms with Gasteiger partial charge in [-0.15, -0.1) is 0 Å². The summed E-state index contributed by atoms with van der Waals surface area (Å²) in [6.45, 7) is 4.13. The average Bonchev–Trinajstić information content (AvgIpc) is 2.49. The highest BCUT2D eigenvalue weighted by molar-refractivity contribution is 9.10. The van der Waals surface area contributed by atoms with Gasteiger partial charge in [0.05, 0.1) is 0 Å². The van der Waals surface area contributed by atoms with Crippen LogP contribution in [-0.4, -0.2) is 4.98 Å². The van der Waals surface area contributed by atoms with Gasteiger partial charge in [0.15, 0.2) is 0 Å². The standard InChI is InChI=1S/C19H16BrN/c1-13-17(15-9-5-3-6-10-15)19(20)18(14(2)21-13)16-11-7-4-8-12-16/h3-12H,1-2H3. The van der Waals surface area contributed by atoms with Crippen LogP contribution in [0.25, 0.3) is 22.3 Å². The highest BCUT2D eigenvalue weighted by Crippen LogP contribution is 2.39. The summed E-state index contributed by atoms with van der Waals surface area (Å²) in [6, 6.07) is 20.8. The van der Waals surface area contributed by atoms with Crippen molar-refractivity contribution in [1.29, 1.82) is 0 Å². The maximum Gasteiger partial charge on any atom is 0.0465 e. The Kier molecular flexibility index (Phi) is 3.89. The van der Waals surface area contributed by atoms with Gasteiger partial charge in [-0.1, -0.05) is 60.7 Å². The van der Waals surface area contributed by atoms with Gasteiger partial charge in [-0.3, -0.25) is 4.98 Å². The van der Waals surface area contributed by atoms with Crippen LogP contribution in [0.5, 0.6) is 0 Å². The molecule has 0 bridgehead atoms. The van der Waals surface area contributed by atoms with E-state index in [1.807, 2.05) is 12.1 Å². The maximum absolute atomic E-state index is 4.76. The molecule has 1 heterocycles. The Morgan fingerprint density at radius 1 is 0.667 bits per heavy atom. The number of aromatic nitrogens is 1. The lowest BCUT2D eigenvalue weighted by molar-refractivity contribution is 1.12. The summed E-state index contributed by atoms with van der Waals surface area (Å²) >= 11 is 3.82. The molecule has 0 saturated heterocycles. The lowest BCUT2D eigenvalue weighted by Gasteiger charge is -2.15. The fourth-order valence-corrected chi connectivity index (χ4v) is 3.72. The summed E-state index contributed by atoms with van der Waals surface area (Å²) in [5, 5.41) is 0. The monoisotopic (exact) mass is 337 g/mol. The molecule has 0 aliphatic rings. The minimum atomic E-state index is 1.05. The molecular weight excluding hydrogens is 322 g/mol. The zero-order valence-corrected chi connectivity index (χ0v) is 13.7. The molecule has 0 aliphatic heterocycles. The summed E-state index contributed by atoms with van der Waals surface area (Å²) < 4.78 is 1.12. The Morgan fingerprint density at radius 3 is 1.43 bits per heavy atom. The van der Waals surface area contributed by atoms with Gasteiger partial charge in [0, 0.05) is 27.0 Å². The van der Waals surface area contributed by atoms with Gasteiger partial charge in [0.2, 0.25) is 0 Å². The number of halogens is 1. The van der Waals surface area contributed by atoms with Crippen molar-refractivity contribution in [1.82, 2.24) is 4.98 Å². The van der Waals surface area contributed by atoms with Crippen molar-refractivity contribution < 1.29 is 0 Å². The third-order valence-electron chi connectivity index (χ3n) is 3.62. The van der Waals surface area contributed by atoms with Gasteiger partial charge < -0.3 is 0 Å². The Balaban J connectivity index is 2.29. The molecule has 3 rings (SSSR count). The van der Waals surface area contributed by atoms with E-state index in [2.05, 4.69) is 78.3 Å². The summed E-state index contributed by atoms with van der Waals surface area (Å²) in [6.07, 6.45) is 0. The molecule has 1 aromatic heterocycles. The Morgan fingerprint density at radius 2 is 1.05 bits per heavy atom. The van der Waals surface area contributed by atoms with Gasteiger partial charge >= 0.3 is 0 Å². The van der Waals surface area contributed by atoms with Crippen LogP contribution in [0.2, 0.25) is 0 Å². The van der Waals surface area contributed by atoms with E-state index >= 15 is 0 Å². The summed E-state index contributed by atoms with van der Waals surface area (Å²) in [4.78, 5) is 4.76. The van der Waals surface area contributed by atoms with E-state index in [1.54, 1.807) is 0 Å². The number of aryl methyl sites for hydroxylation is 2. The first kappa shape index (κ1) is 14.0. The molecule has 0 spiro atoms. The zero-order chi connectivity index (χ0) is 14.8. The van der Waals surface area contributed by atoms with E-state index in [0.29, 0.717) is 0 Å². The Hall–Kier alpha value is -1.93. The van der Waals surface area contributed by atoms with E-state index in [1.165, 1.54) is 22.3 Å². The lowest BCUT2D eigenvalue weighted by atomic mass is 9.97. The highest BCUT2D eigenvalue weighted by Gasteiger charge is 2.16. The number of nitrogens with zero attached hydrogens (tertiary/aromatic N) is 1. The summed E-state index contributed by atoms with van der Waals surface area (Å²) in [5.41, 5.74) is 6.80. The van der Waals surface area contributed by atoms with Gasteiger partial charge in [-0.25, -0.2) is 0 Å². The zero-order valence-electron chi connectivity index (χ0n) is 12.1. The minimum Gasteiger partial charge on any atom is -0.257 e. The second-order valence-electron chi connectivity index (χ2n) is 5.08. The van der Waals surface area contributed by atoms with E-state index < -0.39 is 0 Å². The van der Waals surface area contributed by atoms with Gasteiger partial charge in [0.1, 0.15) is 0 Å². The molecule has 2 heteroatoms. The van der Waals surface area contributed by atoms with Crippen LogP contribution in [-0.2, 0) is 0 Å². The molecule has 0 saturated carbocycles. The molecule has 1 nitrogen and oxygen atoms in total. The molecule has 104 valence electrons. The minimum absolute atomic E-state index is 1.05. The van der Waals surface area contributed by atoms with Gasteiger partial charge in [-0.05, 0) is 40.9 Å². The number of hydrogen-bond donors (Lipinski definition) is 0. The average molecular weight is 338 g/mol. The first-order valence-electron chi connectivity index (χ1n) is 6.96. The second kappa shape index (κ2) is 5.82. The van der Waals surface area contributed by atoms with Crippen LogP contribution in [0.15, 0.2) is 65.1 Å². The second-order valence-corrected chi connectivity index (χ2v) is 5.87. The van der Waals surface area contributed by atoms with Crippen molar-refractivity contribution in [2.45, 2.75) is 13.8 Å². The molecule has 0 N–H and O–H groups in total. The van der Waals surface area contributed by atoms with Crippen molar-refractivity contribution >= 4 is 15.9 Å². The predicted molar refractivity (Wildman–Crippen MR) is 92.3 cm³/mol. The third-order valence-corrected chi connectivity index (χ3v) is 4.42. The molecule has 0 aliphatic carbocycles. The normalized spacial score (nSPS) is 10.6. The van der Waals surface area contributed by atoms with E-state index in [9.17, 15) is 0 Å². The number of hydrogen-bond acceptors (Lipinski definition) is 1. The fourth-order valence-electron chi connectivity index (χ4n) is 2.69. The van der Waals surface area contributed by atoms with Crippen LogP contribution < -0.4 is 0 Å². The molecule has 2 aromatic carbocycles. The highest BCUT2D eigenvalue weighted by atomic mass is 79.9. The van der Waals surface area contributed by atoms with Crippen molar-refractivity contribution in [2.75, 3.05) is 0 Å². The number of benzene rings is 2. The lowest BCUT2D eigenvalue weighted by Crippen LogP contribution is -1.97. The van der Waals surface area contributed by atoms with Crippen LogP contribution in [0, 0.1) is 13.8 Å². The third kappa shape index (κ3) is 2.64. The quantitative estimate of drug-likeness (QED) is 0.576. The number of rotatable bonds is 2. The number of pyridine rings is 1. The smallest absolute Gasteiger partial charge is 0.0465 e. The van der Waals surface area contributed by atoms with Crippen LogP contribution in [0.4, 0.5) is 0 Å². The first-order chi connectivity index (χ1) is 10.2.